The van der Waals surface area contributed by atoms with Gasteiger partial charge in [0, 0.05) is 45.2 Å². The first-order chi connectivity index (χ1) is 19.5. The molecule has 2 bridgehead atoms. The Hall–Kier alpha value is -4.42. The summed E-state index contributed by atoms with van der Waals surface area (Å²) in [5.41, 5.74) is -0.575. The van der Waals surface area contributed by atoms with Gasteiger partial charge in [-0.15, -0.1) is 0 Å². The van der Waals surface area contributed by atoms with Crippen LogP contribution < -0.4 is 20.9 Å². The monoisotopic (exact) mass is 565 g/mol. The summed E-state index contributed by atoms with van der Waals surface area (Å²) in [5.74, 6) is -2.66. The van der Waals surface area contributed by atoms with E-state index in [0.717, 1.165) is 5.71 Å². The van der Waals surface area contributed by atoms with Gasteiger partial charge in [-0.2, -0.15) is 10.2 Å². The van der Waals surface area contributed by atoms with Gasteiger partial charge in [-0.05, 0) is 49.8 Å². The molecule has 3 amide bonds. The summed E-state index contributed by atoms with van der Waals surface area (Å²) in [6, 6.07) is 4.49. The van der Waals surface area contributed by atoms with Crippen LogP contribution in [-0.4, -0.2) is 65.3 Å². The Morgan fingerprint density at radius 1 is 1.17 bits per heavy atom. The van der Waals surface area contributed by atoms with E-state index in [9.17, 15) is 23.6 Å². The van der Waals surface area contributed by atoms with Crippen LogP contribution in [0.5, 0.6) is 5.75 Å². The number of aryl methyl sites for hydroxylation is 1. The highest BCUT2D eigenvalue weighted by molar-refractivity contribution is 6.35. The van der Waals surface area contributed by atoms with Gasteiger partial charge in [0.25, 0.3) is 11.5 Å². The molecule has 4 heterocycles. The molecule has 1 aromatic heterocycles. The number of nitrogens with one attached hydrogen (secondary N) is 2. The van der Waals surface area contributed by atoms with Crippen LogP contribution >= 0.6 is 0 Å². The lowest BCUT2D eigenvalue weighted by atomic mass is 9.65. The van der Waals surface area contributed by atoms with Gasteiger partial charge >= 0.3 is 11.8 Å². The van der Waals surface area contributed by atoms with Crippen molar-refractivity contribution in [2.24, 2.45) is 15.6 Å². The molecule has 12 nitrogen and oxygen atoms in total. The lowest BCUT2D eigenvalue weighted by Gasteiger charge is -2.42. The molecule has 0 saturated heterocycles. The molecule has 0 spiro atoms. The van der Waals surface area contributed by atoms with Crippen molar-refractivity contribution in [3.05, 3.63) is 57.0 Å². The summed E-state index contributed by atoms with van der Waals surface area (Å²) < 4.78 is 20.6. The molecular weight excluding hydrogens is 533 g/mol. The van der Waals surface area contributed by atoms with Gasteiger partial charge in [0.2, 0.25) is 5.75 Å². The number of aromatic nitrogens is 2. The smallest absolute Gasteiger partial charge is 0.311 e. The topological polar surface area (TPSA) is 147 Å². The number of hydrogen-bond acceptors (Lipinski definition) is 8. The molecule has 0 atom stereocenters. The van der Waals surface area contributed by atoms with Crippen LogP contribution in [0.1, 0.15) is 59.5 Å². The third-order valence-corrected chi connectivity index (χ3v) is 8.28. The normalized spacial score (nSPS) is 22.4. The first kappa shape index (κ1) is 28.1. The minimum absolute atomic E-state index is 0.0609. The zero-order valence-electron chi connectivity index (χ0n) is 23.4. The Balaban J connectivity index is 1.58. The van der Waals surface area contributed by atoms with E-state index < -0.39 is 34.2 Å². The van der Waals surface area contributed by atoms with Crippen molar-refractivity contribution in [1.82, 2.24) is 25.1 Å². The van der Waals surface area contributed by atoms with Crippen molar-refractivity contribution in [2.75, 3.05) is 21.2 Å². The number of benzene rings is 1. The van der Waals surface area contributed by atoms with Crippen molar-refractivity contribution in [1.29, 1.82) is 0 Å². The second-order valence-corrected chi connectivity index (χ2v) is 11.0. The van der Waals surface area contributed by atoms with Crippen LogP contribution in [0.3, 0.4) is 0 Å². The number of likely N-dealkylation sites (N-methyl/N-ethyl adjacent to an activating group) is 1. The van der Waals surface area contributed by atoms with Crippen LogP contribution in [-0.2, 0) is 28.2 Å². The molecule has 4 aliphatic rings. The minimum atomic E-state index is -1.18. The third kappa shape index (κ3) is 4.89. The maximum atomic E-state index is 13.9. The van der Waals surface area contributed by atoms with Crippen molar-refractivity contribution >= 4 is 29.6 Å². The van der Waals surface area contributed by atoms with Crippen LogP contribution in [0.4, 0.5) is 4.39 Å². The SMILES string of the molecule is COc1c(C(=O)NCc2ccc(F)c(C)c2)nc2n(c1=O)CC1(C3=NN=CC3)CCC2(NC(=O)C(=O)N(C)C)CC1. The van der Waals surface area contributed by atoms with E-state index in [1.807, 2.05) is 0 Å². The third-order valence-electron chi connectivity index (χ3n) is 8.28. The lowest BCUT2D eigenvalue weighted by molar-refractivity contribution is -0.145. The first-order valence-electron chi connectivity index (χ1n) is 13.4. The first-order valence-corrected chi connectivity index (χ1v) is 13.4. The van der Waals surface area contributed by atoms with Gasteiger partial charge in [-0.25, -0.2) is 9.37 Å². The van der Waals surface area contributed by atoms with E-state index in [0.29, 0.717) is 43.2 Å². The van der Waals surface area contributed by atoms with Crippen molar-refractivity contribution in [3.63, 3.8) is 0 Å². The van der Waals surface area contributed by atoms with Gasteiger partial charge in [0.05, 0.1) is 18.4 Å². The highest BCUT2D eigenvalue weighted by Crippen LogP contribution is 2.51. The van der Waals surface area contributed by atoms with Crippen molar-refractivity contribution in [2.45, 2.75) is 57.7 Å². The average Bonchev–Trinajstić information content (AvgIpc) is 3.42. The van der Waals surface area contributed by atoms with Gasteiger partial charge in [0.15, 0.2) is 5.69 Å². The fourth-order valence-electron chi connectivity index (χ4n) is 5.95. The Kier molecular flexibility index (Phi) is 7.22. The summed E-state index contributed by atoms with van der Waals surface area (Å²) in [4.78, 5) is 58.8. The van der Waals surface area contributed by atoms with E-state index in [1.165, 1.54) is 36.7 Å². The summed E-state index contributed by atoms with van der Waals surface area (Å²) in [7, 11) is 4.24. The van der Waals surface area contributed by atoms with Gasteiger partial charge in [-0.1, -0.05) is 12.1 Å². The Morgan fingerprint density at radius 3 is 2.51 bits per heavy atom. The molecular formula is C28H32FN7O5. The molecule has 0 unspecified atom stereocenters. The number of hydrogen-bond donors (Lipinski definition) is 2. The van der Waals surface area contributed by atoms with E-state index in [-0.39, 0.29) is 36.2 Å². The number of halogens is 1. The maximum absolute atomic E-state index is 13.9. The van der Waals surface area contributed by atoms with E-state index >= 15 is 0 Å². The predicted molar refractivity (Wildman–Crippen MR) is 147 cm³/mol. The summed E-state index contributed by atoms with van der Waals surface area (Å²) in [6.07, 6.45) is 4.12. The van der Waals surface area contributed by atoms with Crippen molar-refractivity contribution in [3.8, 4) is 5.75 Å². The molecule has 13 heteroatoms. The van der Waals surface area contributed by atoms with E-state index in [2.05, 4.69) is 25.8 Å². The van der Waals surface area contributed by atoms with E-state index in [4.69, 9.17) is 4.74 Å². The molecule has 1 saturated carbocycles. The summed E-state index contributed by atoms with van der Waals surface area (Å²) >= 11 is 0. The molecule has 2 N–H and O–H groups in total. The number of carbonyl (C=O) groups excluding carboxylic acids is 3. The number of ether oxygens (including phenoxy) is 1. The van der Waals surface area contributed by atoms with Crippen LogP contribution in [0, 0.1) is 18.2 Å². The molecule has 1 fully saturated rings. The molecule has 6 rings (SSSR count). The Bertz CT molecular complexity index is 1550. The number of methoxy groups -OCH3 is 1. The molecule has 0 radical (unpaired) electrons. The maximum Gasteiger partial charge on any atom is 0.311 e. The molecule has 41 heavy (non-hydrogen) atoms. The minimum Gasteiger partial charge on any atom is -0.489 e. The molecule has 1 aliphatic carbocycles. The van der Waals surface area contributed by atoms with Crippen LogP contribution in [0.25, 0.3) is 0 Å². The summed E-state index contributed by atoms with van der Waals surface area (Å²) in [6.45, 7) is 1.90. The number of nitrogens with zero attached hydrogens (tertiary/aromatic N) is 5. The van der Waals surface area contributed by atoms with Crippen LogP contribution in [0.15, 0.2) is 33.2 Å². The fourth-order valence-corrected chi connectivity index (χ4v) is 5.95. The molecule has 1 aromatic carbocycles. The predicted octanol–water partition coefficient (Wildman–Crippen LogP) is 1.43. The Morgan fingerprint density at radius 2 is 1.90 bits per heavy atom. The van der Waals surface area contributed by atoms with Crippen molar-refractivity contribution < 1.29 is 23.5 Å². The molecule has 216 valence electrons. The van der Waals surface area contributed by atoms with Gasteiger partial charge in [0.1, 0.15) is 11.6 Å². The zero-order chi connectivity index (χ0) is 29.5. The standard InChI is InChI=1S/C28H32FN7O5/c1-16-13-17(5-6-18(16)29)14-30-22(37)20-21(41-4)24(39)36-15-27(19-7-12-31-34-19)8-10-28(11-9-27,26(36)32-20)33-23(38)25(40)35(2)3/h5-6,12-13H,7-11,14-15H2,1-4H3,(H,30,37)(H,33,38). The second kappa shape index (κ2) is 10.5. The quantitative estimate of drug-likeness (QED) is 0.507. The fraction of sp³-hybridized carbons (Fsp3) is 0.464. The molecule has 2 aromatic rings. The van der Waals surface area contributed by atoms with E-state index in [1.54, 1.807) is 25.3 Å². The Labute approximate surface area is 235 Å². The lowest BCUT2D eigenvalue weighted by Crippen LogP contribution is -2.54. The van der Waals surface area contributed by atoms with Gasteiger partial charge < -0.3 is 20.3 Å². The summed E-state index contributed by atoms with van der Waals surface area (Å²) in [5, 5.41) is 14.0. The highest BCUT2D eigenvalue weighted by atomic mass is 19.1. The average molecular weight is 566 g/mol. The van der Waals surface area contributed by atoms with Gasteiger partial charge in [-0.3, -0.25) is 23.7 Å². The second-order valence-electron chi connectivity index (χ2n) is 11.0. The largest absolute Gasteiger partial charge is 0.489 e. The molecule has 3 aliphatic heterocycles. The van der Waals surface area contributed by atoms with Crippen LogP contribution in [0.2, 0.25) is 0 Å². The number of carbonyl (C=O) groups is 3. The number of rotatable bonds is 6. The number of fused-ring (bicyclic) bond motifs is 2. The zero-order valence-corrected chi connectivity index (χ0v) is 23.4. The number of amides is 3. The highest BCUT2D eigenvalue weighted by Gasteiger charge is 2.54.